The van der Waals surface area contributed by atoms with E-state index in [2.05, 4.69) is 44.1 Å². The topological polar surface area (TPSA) is 87.4 Å². The number of piperidine rings is 1. The van der Waals surface area contributed by atoms with Gasteiger partial charge >= 0.3 is 0 Å². The van der Waals surface area contributed by atoms with Gasteiger partial charge in [0.05, 0.1) is 11.6 Å². The van der Waals surface area contributed by atoms with E-state index < -0.39 is 0 Å². The van der Waals surface area contributed by atoms with E-state index in [9.17, 15) is 4.79 Å². The fourth-order valence-electron chi connectivity index (χ4n) is 4.00. The van der Waals surface area contributed by atoms with Crippen LogP contribution in [0.5, 0.6) is 0 Å². The van der Waals surface area contributed by atoms with Crippen LogP contribution in [0.25, 0.3) is 11.1 Å². The monoisotopic (exact) mass is 402 g/mol. The van der Waals surface area contributed by atoms with Gasteiger partial charge < -0.3 is 19.6 Å². The lowest BCUT2D eigenvalue weighted by atomic mass is 9.97. The van der Waals surface area contributed by atoms with Gasteiger partial charge in [0.1, 0.15) is 17.5 Å². The molecule has 2 aromatic heterocycles. The average molecular weight is 403 g/mol. The molecule has 0 spiro atoms. The number of nitrogens with one attached hydrogen (secondary N) is 1. The predicted molar refractivity (Wildman–Crippen MR) is 114 cm³/mol. The molecule has 0 saturated carbocycles. The Labute approximate surface area is 173 Å². The minimum Gasteiger partial charge on any atom is -0.356 e. The van der Waals surface area contributed by atoms with Crippen molar-refractivity contribution in [2.45, 2.75) is 52.9 Å². The Morgan fingerprint density at radius 3 is 2.93 bits per heavy atom. The molecule has 1 amide bonds. The number of anilines is 1. The van der Waals surface area contributed by atoms with Crippen molar-refractivity contribution >= 4 is 22.8 Å². The van der Waals surface area contributed by atoms with Crippen LogP contribution in [0.15, 0.2) is 10.9 Å². The van der Waals surface area contributed by atoms with Crippen molar-refractivity contribution in [1.29, 1.82) is 0 Å². The van der Waals surface area contributed by atoms with Gasteiger partial charge in [-0.25, -0.2) is 4.98 Å². The Hall–Kier alpha value is -2.22. The smallest absolute Gasteiger partial charge is 0.263 e. The van der Waals surface area contributed by atoms with Gasteiger partial charge in [-0.3, -0.25) is 4.79 Å². The molecule has 1 saturated heterocycles. The largest absolute Gasteiger partial charge is 0.356 e. The third kappa shape index (κ3) is 5.44. The molecule has 0 aromatic carbocycles. The molecule has 0 aliphatic carbocycles. The van der Waals surface area contributed by atoms with Crippen molar-refractivity contribution in [3.63, 3.8) is 0 Å². The molecule has 1 aliphatic heterocycles. The lowest BCUT2D eigenvalue weighted by Crippen LogP contribution is -2.44. The zero-order valence-corrected chi connectivity index (χ0v) is 18.0. The first-order chi connectivity index (χ1) is 14.1. The molecule has 3 rings (SSSR count). The molecule has 29 heavy (non-hydrogen) atoms. The molecule has 160 valence electrons. The van der Waals surface area contributed by atoms with E-state index in [1.165, 1.54) is 19.2 Å². The molecule has 1 N–H and O–H groups in total. The van der Waals surface area contributed by atoms with Gasteiger partial charge in [0.25, 0.3) is 5.71 Å². The second kappa shape index (κ2) is 10.5. The quantitative estimate of drug-likeness (QED) is 0.611. The molecule has 2 aromatic rings. The molecule has 3 heterocycles. The number of hydrogen-bond acceptors (Lipinski definition) is 7. The normalized spacial score (nSPS) is 17.2. The Kier molecular flexibility index (Phi) is 7.80. The van der Waals surface area contributed by atoms with Crippen LogP contribution >= 0.6 is 0 Å². The third-order valence-electron chi connectivity index (χ3n) is 5.74. The summed E-state index contributed by atoms with van der Waals surface area (Å²) in [6.07, 6.45) is 6.83. The van der Waals surface area contributed by atoms with E-state index in [1.807, 2.05) is 6.92 Å². The van der Waals surface area contributed by atoms with Crippen LogP contribution in [0.2, 0.25) is 0 Å². The predicted octanol–water partition coefficient (Wildman–Crippen LogP) is 2.77. The van der Waals surface area contributed by atoms with Gasteiger partial charge in [0.2, 0.25) is 5.91 Å². The average Bonchev–Trinajstić information content (AvgIpc) is 3.14. The zero-order chi connectivity index (χ0) is 20.6. The molecule has 1 fully saturated rings. The van der Waals surface area contributed by atoms with Gasteiger partial charge in [-0.15, -0.1) is 0 Å². The number of fused-ring (bicyclic) bond motifs is 1. The number of rotatable bonds is 10. The Balaban J connectivity index is 1.51. The van der Waals surface area contributed by atoms with Crippen molar-refractivity contribution in [3.05, 3.63) is 12.0 Å². The first-order valence-corrected chi connectivity index (χ1v) is 11.0. The van der Waals surface area contributed by atoms with Crippen LogP contribution in [0, 0.1) is 12.8 Å². The van der Waals surface area contributed by atoms with E-state index in [-0.39, 0.29) is 11.8 Å². The third-order valence-corrected chi connectivity index (χ3v) is 5.74. The highest BCUT2D eigenvalue weighted by Crippen LogP contribution is 2.29. The Morgan fingerprint density at radius 1 is 1.31 bits per heavy atom. The molecule has 0 bridgehead atoms. The number of carbonyl (C=O) groups excluding carboxylic acids is 1. The van der Waals surface area contributed by atoms with Crippen LogP contribution in [-0.2, 0) is 4.79 Å². The molecular weight excluding hydrogens is 368 g/mol. The number of amides is 1. The Bertz CT molecular complexity index is 793. The minimum absolute atomic E-state index is 0.0173. The van der Waals surface area contributed by atoms with Crippen molar-refractivity contribution in [3.8, 4) is 0 Å². The summed E-state index contributed by atoms with van der Waals surface area (Å²) in [4.78, 5) is 26.0. The van der Waals surface area contributed by atoms with E-state index in [4.69, 9.17) is 4.52 Å². The number of hydrogen-bond donors (Lipinski definition) is 1. The highest BCUT2D eigenvalue weighted by Gasteiger charge is 2.28. The summed E-state index contributed by atoms with van der Waals surface area (Å²) in [5.41, 5.74) is 1.29. The summed E-state index contributed by atoms with van der Waals surface area (Å²) in [5, 5.41) is 8.00. The summed E-state index contributed by atoms with van der Waals surface area (Å²) >= 11 is 0. The van der Waals surface area contributed by atoms with E-state index >= 15 is 0 Å². The van der Waals surface area contributed by atoms with Crippen molar-refractivity contribution < 1.29 is 9.32 Å². The maximum atomic E-state index is 12.7. The highest BCUT2D eigenvalue weighted by molar-refractivity contribution is 5.88. The van der Waals surface area contributed by atoms with Crippen LogP contribution in [-0.4, -0.2) is 65.2 Å². The van der Waals surface area contributed by atoms with Gasteiger partial charge in [-0.2, -0.15) is 4.98 Å². The number of nitrogens with zero attached hydrogens (tertiary/aromatic N) is 5. The van der Waals surface area contributed by atoms with Crippen LogP contribution in [0.1, 0.15) is 51.6 Å². The van der Waals surface area contributed by atoms with E-state index in [1.54, 1.807) is 0 Å². The van der Waals surface area contributed by atoms with Crippen LogP contribution in [0.4, 0.5) is 5.82 Å². The summed E-state index contributed by atoms with van der Waals surface area (Å²) < 4.78 is 5.26. The van der Waals surface area contributed by atoms with E-state index in [0.717, 1.165) is 68.9 Å². The lowest BCUT2D eigenvalue weighted by molar-refractivity contribution is -0.125. The second-order valence-electron chi connectivity index (χ2n) is 7.86. The highest BCUT2D eigenvalue weighted by atomic mass is 16.5. The zero-order valence-electron chi connectivity index (χ0n) is 18.0. The van der Waals surface area contributed by atoms with Crippen LogP contribution in [0.3, 0.4) is 0 Å². The summed E-state index contributed by atoms with van der Waals surface area (Å²) in [5.74, 6) is 0.954. The standard InChI is InChI=1S/C21H34N6O2/c1-4-6-11-26(5-2)12-8-10-22-20(28)17-9-7-13-27(14-17)19-18-16(3)25-29-21(18)24-15-23-19/h15,17H,4-14H2,1-3H3,(H,22,28). The molecule has 1 atom stereocenters. The number of aromatic nitrogens is 3. The first kappa shape index (κ1) is 21.5. The lowest BCUT2D eigenvalue weighted by Gasteiger charge is -2.33. The van der Waals surface area contributed by atoms with Gasteiger partial charge in [0, 0.05) is 19.6 Å². The molecular formula is C21H34N6O2. The van der Waals surface area contributed by atoms with Crippen molar-refractivity contribution in [2.75, 3.05) is 44.2 Å². The number of aryl methyl sites for hydroxylation is 1. The molecule has 0 radical (unpaired) electrons. The Morgan fingerprint density at radius 2 is 2.14 bits per heavy atom. The van der Waals surface area contributed by atoms with Gasteiger partial charge in [-0.05, 0) is 52.2 Å². The maximum absolute atomic E-state index is 12.7. The van der Waals surface area contributed by atoms with Crippen molar-refractivity contribution in [1.82, 2.24) is 25.3 Å². The SMILES string of the molecule is CCCCN(CC)CCCNC(=O)C1CCCN(c2ncnc3onc(C)c23)C1. The molecule has 1 aliphatic rings. The second-order valence-corrected chi connectivity index (χ2v) is 7.86. The van der Waals surface area contributed by atoms with Gasteiger partial charge in [0.15, 0.2) is 0 Å². The fraction of sp³-hybridized carbons (Fsp3) is 0.714. The number of unbranched alkanes of at least 4 members (excludes halogenated alkanes) is 1. The molecule has 1 unspecified atom stereocenters. The number of carbonyl (C=O) groups is 1. The summed E-state index contributed by atoms with van der Waals surface area (Å²) in [6.45, 7) is 11.9. The van der Waals surface area contributed by atoms with Crippen molar-refractivity contribution in [2.24, 2.45) is 5.92 Å². The molecule has 8 heteroatoms. The minimum atomic E-state index is -0.0173. The maximum Gasteiger partial charge on any atom is 0.263 e. The fourth-order valence-corrected chi connectivity index (χ4v) is 4.00. The first-order valence-electron chi connectivity index (χ1n) is 11.0. The van der Waals surface area contributed by atoms with Gasteiger partial charge in [-0.1, -0.05) is 25.4 Å². The summed E-state index contributed by atoms with van der Waals surface area (Å²) in [6, 6.07) is 0. The van der Waals surface area contributed by atoms with E-state index in [0.29, 0.717) is 12.3 Å². The summed E-state index contributed by atoms with van der Waals surface area (Å²) in [7, 11) is 0. The molecule has 8 nitrogen and oxygen atoms in total. The van der Waals surface area contributed by atoms with Crippen LogP contribution < -0.4 is 10.2 Å².